The molecular weight excluding hydrogens is 449 g/mol. The Morgan fingerprint density at radius 1 is 0.824 bits per heavy atom. The number of rotatable bonds is 18. The molecule has 0 amide bonds. The smallest absolute Gasteiger partial charge is 0.449 e. The average molecular weight is 487 g/mol. The van der Waals surface area contributed by atoms with Crippen LogP contribution in [0.15, 0.2) is 33.5 Å². The highest BCUT2D eigenvalue weighted by Crippen LogP contribution is 2.23. The summed E-state index contributed by atoms with van der Waals surface area (Å²) in [4.78, 5) is 12.0. The van der Waals surface area contributed by atoms with E-state index >= 15 is 0 Å². The molecular formula is C25H37F3N2O4. The maximum absolute atomic E-state index is 12.2. The van der Waals surface area contributed by atoms with Gasteiger partial charge in [-0.15, -0.1) is 13.2 Å². The van der Waals surface area contributed by atoms with E-state index in [1.54, 1.807) is 0 Å². The summed E-state index contributed by atoms with van der Waals surface area (Å²) >= 11 is 0. The second-order valence-corrected chi connectivity index (χ2v) is 8.53. The van der Waals surface area contributed by atoms with Crippen LogP contribution in [-0.2, 0) is 0 Å². The summed E-state index contributed by atoms with van der Waals surface area (Å²) in [5.74, 6) is -1.16. The van der Waals surface area contributed by atoms with E-state index in [0.717, 1.165) is 36.1 Å². The summed E-state index contributed by atoms with van der Waals surface area (Å²) in [6.07, 6.45) is 12.7. The molecule has 0 saturated heterocycles. The summed E-state index contributed by atoms with van der Waals surface area (Å²) in [6.45, 7) is 2.63. The molecule has 0 spiro atoms. The van der Waals surface area contributed by atoms with Crippen molar-refractivity contribution in [1.29, 1.82) is 0 Å². The van der Waals surface area contributed by atoms with E-state index in [1.807, 2.05) is 0 Å². The SMILES string of the molecule is CCCCCCCCCCCCCCCCOc1nn(-c2ccc(OC(F)(F)F)cc2)c(=O)o1. The highest BCUT2D eigenvalue weighted by Gasteiger charge is 2.31. The van der Waals surface area contributed by atoms with E-state index < -0.39 is 12.1 Å². The Balaban J connectivity index is 1.54. The van der Waals surface area contributed by atoms with Gasteiger partial charge in [0.1, 0.15) is 5.75 Å². The molecule has 192 valence electrons. The number of alkyl halides is 3. The minimum absolute atomic E-state index is 0.157. The van der Waals surface area contributed by atoms with Crippen LogP contribution in [0, 0.1) is 0 Å². The standard InChI is InChI=1S/C25H37F3N2O4/c1-2-3-4-5-6-7-8-9-10-11-12-13-14-15-20-32-23-29-30(24(31)33-23)21-16-18-22(19-17-21)34-25(26,27)28/h16-19H,2-15,20H2,1H3. The van der Waals surface area contributed by atoms with E-state index in [2.05, 4.69) is 16.8 Å². The van der Waals surface area contributed by atoms with Gasteiger partial charge in [0.2, 0.25) is 0 Å². The van der Waals surface area contributed by atoms with Crippen molar-refractivity contribution in [2.24, 2.45) is 0 Å². The normalized spacial score (nSPS) is 11.6. The first-order valence-electron chi connectivity index (χ1n) is 12.5. The van der Waals surface area contributed by atoms with Gasteiger partial charge in [-0.1, -0.05) is 95.5 Å². The Labute approximate surface area is 199 Å². The van der Waals surface area contributed by atoms with Crippen LogP contribution in [0.1, 0.15) is 96.8 Å². The quantitative estimate of drug-likeness (QED) is 0.203. The van der Waals surface area contributed by atoms with Gasteiger partial charge < -0.3 is 13.9 Å². The monoisotopic (exact) mass is 486 g/mol. The predicted octanol–water partition coefficient (Wildman–Crippen LogP) is 7.58. The van der Waals surface area contributed by atoms with Gasteiger partial charge in [0, 0.05) is 0 Å². The van der Waals surface area contributed by atoms with Crippen LogP contribution in [0.2, 0.25) is 0 Å². The van der Waals surface area contributed by atoms with Crippen molar-refractivity contribution in [3.63, 3.8) is 0 Å². The summed E-state index contributed by atoms with van der Waals surface area (Å²) in [7, 11) is 0. The summed E-state index contributed by atoms with van der Waals surface area (Å²) < 4.78 is 51.8. The third-order valence-electron chi connectivity index (χ3n) is 5.57. The van der Waals surface area contributed by atoms with Gasteiger partial charge in [-0.25, -0.2) is 4.79 Å². The topological polar surface area (TPSA) is 66.5 Å². The van der Waals surface area contributed by atoms with Crippen LogP contribution in [-0.4, -0.2) is 22.7 Å². The lowest BCUT2D eigenvalue weighted by molar-refractivity contribution is -0.274. The Morgan fingerprint density at radius 2 is 1.32 bits per heavy atom. The zero-order valence-corrected chi connectivity index (χ0v) is 20.1. The molecule has 0 fully saturated rings. The van der Waals surface area contributed by atoms with Crippen LogP contribution < -0.4 is 15.2 Å². The van der Waals surface area contributed by atoms with E-state index in [-0.39, 0.29) is 17.5 Å². The van der Waals surface area contributed by atoms with Crippen LogP contribution in [0.3, 0.4) is 0 Å². The molecule has 9 heteroatoms. The summed E-state index contributed by atoms with van der Waals surface area (Å²) in [5.41, 5.74) is 0.245. The van der Waals surface area contributed by atoms with Gasteiger partial charge >= 0.3 is 18.2 Å². The van der Waals surface area contributed by atoms with Crippen molar-refractivity contribution in [3.8, 4) is 17.5 Å². The Hall–Kier alpha value is -2.45. The molecule has 0 saturated carbocycles. The second-order valence-electron chi connectivity index (χ2n) is 8.53. The molecule has 0 aliphatic carbocycles. The number of hydrogen-bond acceptors (Lipinski definition) is 5. The van der Waals surface area contributed by atoms with Gasteiger partial charge in [0.05, 0.1) is 12.3 Å². The summed E-state index contributed by atoms with van der Waals surface area (Å²) in [5, 5.41) is 3.94. The molecule has 2 aromatic rings. The summed E-state index contributed by atoms with van der Waals surface area (Å²) in [6, 6.07) is 4.75. The number of hydrogen-bond donors (Lipinski definition) is 0. The molecule has 0 unspecified atom stereocenters. The number of unbranched alkanes of at least 4 members (excludes halogenated alkanes) is 13. The first-order chi connectivity index (χ1) is 16.4. The van der Waals surface area contributed by atoms with Crippen molar-refractivity contribution >= 4 is 0 Å². The first-order valence-corrected chi connectivity index (χ1v) is 12.5. The minimum Gasteiger partial charge on any atom is -0.449 e. The van der Waals surface area contributed by atoms with Crippen molar-refractivity contribution in [1.82, 2.24) is 9.78 Å². The van der Waals surface area contributed by atoms with Crippen molar-refractivity contribution in [2.75, 3.05) is 6.61 Å². The van der Waals surface area contributed by atoms with Gasteiger partial charge in [-0.2, -0.15) is 4.68 Å². The Morgan fingerprint density at radius 3 is 1.82 bits per heavy atom. The number of halogens is 3. The fourth-order valence-corrected chi connectivity index (χ4v) is 3.73. The largest absolute Gasteiger partial charge is 0.573 e. The maximum atomic E-state index is 12.2. The highest BCUT2D eigenvalue weighted by molar-refractivity contribution is 5.36. The lowest BCUT2D eigenvalue weighted by atomic mass is 10.0. The maximum Gasteiger partial charge on any atom is 0.573 e. The molecule has 0 aliphatic rings. The van der Waals surface area contributed by atoms with Crippen LogP contribution >= 0.6 is 0 Å². The number of nitrogens with zero attached hydrogens (tertiary/aromatic N) is 2. The molecule has 0 atom stereocenters. The fourth-order valence-electron chi connectivity index (χ4n) is 3.73. The fraction of sp³-hybridized carbons (Fsp3) is 0.680. The number of aromatic nitrogens is 2. The van der Waals surface area contributed by atoms with Crippen LogP contribution in [0.5, 0.6) is 11.8 Å². The van der Waals surface area contributed by atoms with Crippen LogP contribution in [0.25, 0.3) is 5.69 Å². The molecule has 2 rings (SSSR count). The number of ether oxygens (including phenoxy) is 2. The first kappa shape index (κ1) is 27.8. The van der Waals surface area contributed by atoms with Gasteiger partial charge in [-0.05, 0) is 30.7 Å². The van der Waals surface area contributed by atoms with Crippen molar-refractivity contribution < 1.29 is 27.1 Å². The van der Waals surface area contributed by atoms with Gasteiger partial charge in [0.15, 0.2) is 0 Å². The molecule has 0 radical (unpaired) electrons. The number of benzene rings is 1. The molecule has 1 aromatic heterocycles. The van der Waals surface area contributed by atoms with Crippen molar-refractivity contribution in [2.45, 2.75) is 103 Å². The lowest BCUT2D eigenvalue weighted by Gasteiger charge is -2.08. The molecule has 6 nitrogen and oxygen atoms in total. The van der Waals surface area contributed by atoms with E-state index in [4.69, 9.17) is 9.15 Å². The Bertz CT molecular complexity index is 847. The lowest BCUT2D eigenvalue weighted by Crippen LogP contribution is -2.17. The van der Waals surface area contributed by atoms with Crippen molar-refractivity contribution in [3.05, 3.63) is 34.8 Å². The highest BCUT2D eigenvalue weighted by atomic mass is 19.4. The molecule has 34 heavy (non-hydrogen) atoms. The van der Waals surface area contributed by atoms with E-state index in [9.17, 15) is 18.0 Å². The van der Waals surface area contributed by atoms with E-state index in [1.165, 1.54) is 82.8 Å². The molecule has 0 N–H and O–H groups in total. The second kappa shape index (κ2) is 15.5. The molecule has 1 aromatic carbocycles. The third kappa shape index (κ3) is 11.6. The van der Waals surface area contributed by atoms with Gasteiger partial charge in [0.25, 0.3) is 0 Å². The predicted molar refractivity (Wildman–Crippen MR) is 125 cm³/mol. The zero-order chi connectivity index (χ0) is 24.7. The molecule has 1 heterocycles. The third-order valence-corrected chi connectivity index (χ3v) is 5.57. The minimum atomic E-state index is -4.78. The average Bonchev–Trinajstić information content (AvgIpc) is 3.16. The van der Waals surface area contributed by atoms with Gasteiger partial charge in [-0.3, -0.25) is 0 Å². The molecule has 0 aliphatic heterocycles. The molecule has 0 bridgehead atoms. The van der Waals surface area contributed by atoms with Crippen LogP contribution in [0.4, 0.5) is 13.2 Å². The zero-order valence-electron chi connectivity index (χ0n) is 20.1. The van der Waals surface area contributed by atoms with E-state index in [0.29, 0.717) is 6.61 Å². The Kier molecular flexibility index (Phi) is 12.6.